The molecule has 0 unspecified atom stereocenters. The Hall–Kier alpha value is -5.68. The first kappa shape index (κ1) is 24.6. The summed E-state index contributed by atoms with van der Waals surface area (Å²) in [7, 11) is 0. The number of rotatable bonds is 8. The van der Waals surface area contributed by atoms with Crippen LogP contribution in [0, 0.1) is 11.3 Å². The van der Waals surface area contributed by atoms with Gasteiger partial charge in [0.25, 0.3) is 0 Å². The lowest BCUT2D eigenvalue weighted by atomic mass is 10.2. The zero-order chi connectivity index (χ0) is 27.3. The van der Waals surface area contributed by atoms with Crippen molar-refractivity contribution in [2.45, 2.75) is 13.2 Å². The molecule has 2 heterocycles. The summed E-state index contributed by atoms with van der Waals surface area (Å²) in [5.41, 5.74) is 3.70. The summed E-state index contributed by atoms with van der Waals surface area (Å²) in [6, 6.07) is 32.8. The molecule has 0 fully saturated rings. The summed E-state index contributed by atoms with van der Waals surface area (Å²) in [5, 5.41) is 10.1. The van der Waals surface area contributed by atoms with Gasteiger partial charge in [-0.15, -0.1) is 0 Å². The maximum atomic E-state index is 12.8. The average Bonchev–Trinajstić information content (AvgIpc) is 3.43. The van der Waals surface area contributed by atoms with Gasteiger partial charge in [-0.1, -0.05) is 42.5 Å². The van der Waals surface area contributed by atoms with Crippen LogP contribution >= 0.6 is 0 Å². The fraction of sp³-hybridized carbons (Fsp3) is 0.0625. The molecular weight excluding hydrogens is 506 g/mol. The minimum absolute atomic E-state index is 0.0204. The third kappa shape index (κ3) is 5.44. The Morgan fingerprint density at radius 2 is 1.55 bits per heavy atom. The number of benzene rings is 4. The molecule has 8 nitrogen and oxygen atoms in total. The van der Waals surface area contributed by atoms with Gasteiger partial charge in [-0.25, -0.2) is 9.78 Å². The molecule has 4 aromatic carbocycles. The molecule has 0 bridgehead atoms. The van der Waals surface area contributed by atoms with Crippen LogP contribution in [0.1, 0.15) is 27.5 Å². The molecule has 0 saturated heterocycles. The number of hydrogen-bond acceptors (Lipinski definition) is 8. The van der Waals surface area contributed by atoms with E-state index in [1.54, 1.807) is 60.7 Å². The SMILES string of the molecule is N#Cc1nc2ccc(OCc3cc(OCc4ccc5ccccc5n4)ccc3OC(=O)c3ccccc3)cc2o1. The summed E-state index contributed by atoms with van der Waals surface area (Å²) in [6.45, 7) is 0.339. The highest BCUT2D eigenvalue weighted by atomic mass is 16.5. The molecule has 194 valence electrons. The van der Waals surface area contributed by atoms with E-state index in [0.29, 0.717) is 39.5 Å². The van der Waals surface area contributed by atoms with Crippen LogP contribution in [0.4, 0.5) is 0 Å². The highest BCUT2D eigenvalue weighted by molar-refractivity contribution is 5.91. The Balaban J connectivity index is 1.23. The van der Waals surface area contributed by atoms with E-state index in [0.717, 1.165) is 16.6 Å². The second-order valence-corrected chi connectivity index (χ2v) is 8.86. The highest BCUT2D eigenvalue weighted by Gasteiger charge is 2.14. The minimum Gasteiger partial charge on any atom is -0.489 e. The van der Waals surface area contributed by atoms with Crippen LogP contribution in [-0.4, -0.2) is 15.9 Å². The van der Waals surface area contributed by atoms with Crippen molar-refractivity contribution in [2.24, 2.45) is 0 Å². The van der Waals surface area contributed by atoms with Crippen molar-refractivity contribution in [3.05, 3.63) is 126 Å². The largest absolute Gasteiger partial charge is 0.489 e. The Morgan fingerprint density at radius 1 is 0.775 bits per heavy atom. The maximum Gasteiger partial charge on any atom is 0.343 e. The summed E-state index contributed by atoms with van der Waals surface area (Å²) < 4.78 is 23.2. The van der Waals surface area contributed by atoms with Crippen molar-refractivity contribution in [3.8, 4) is 23.3 Å². The molecule has 0 saturated carbocycles. The first-order chi connectivity index (χ1) is 19.6. The van der Waals surface area contributed by atoms with Gasteiger partial charge in [-0.2, -0.15) is 10.2 Å². The number of para-hydroxylation sites is 1. The number of ether oxygens (including phenoxy) is 3. The zero-order valence-electron chi connectivity index (χ0n) is 21.1. The number of aromatic nitrogens is 2. The van der Waals surface area contributed by atoms with Gasteiger partial charge in [-0.05, 0) is 54.6 Å². The number of nitriles is 1. The lowest BCUT2D eigenvalue weighted by Crippen LogP contribution is -2.11. The first-order valence-corrected chi connectivity index (χ1v) is 12.5. The van der Waals surface area contributed by atoms with E-state index < -0.39 is 5.97 Å². The molecule has 0 spiro atoms. The van der Waals surface area contributed by atoms with Gasteiger partial charge in [0.15, 0.2) is 11.7 Å². The van der Waals surface area contributed by atoms with E-state index in [9.17, 15) is 4.79 Å². The molecule has 0 aliphatic heterocycles. The van der Waals surface area contributed by atoms with E-state index in [1.165, 1.54) is 0 Å². The third-order valence-electron chi connectivity index (χ3n) is 6.14. The van der Waals surface area contributed by atoms with Crippen LogP contribution in [0.2, 0.25) is 0 Å². The van der Waals surface area contributed by atoms with Crippen LogP contribution in [-0.2, 0) is 13.2 Å². The van der Waals surface area contributed by atoms with Crippen molar-refractivity contribution in [2.75, 3.05) is 0 Å². The van der Waals surface area contributed by atoms with E-state index in [2.05, 4.69) is 9.97 Å². The second-order valence-electron chi connectivity index (χ2n) is 8.86. The van der Waals surface area contributed by atoms with Crippen LogP contribution < -0.4 is 14.2 Å². The Bertz CT molecular complexity index is 1880. The highest BCUT2D eigenvalue weighted by Crippen LogP contribution is 2.29. The van der Waals surface area contributed by atoms with Gasteiger partial charge in [0.1, 0.15) is 36.0 Å². The lowest BCUT2D eigenvalue weighted by molar-refractivity contribution is 0.0731. The van der Waals surface area contributed by atoms with Crippen LogP contribution in [0.5, 0.6) is 17.2 Å². The fourth-order valence-corrected chi connectivity index (χ4v) is 4.14. The van der Waals surface area contributed by atoms with E-state index in [-0.39, 0.29) is 19.1 Å². The van der Waals surface area contributed by atoms with Crippen molar-refractivity contribution >= 4 is 28.0 Å². The average molecular weight is 528 g/mol. The smallest absolute Gasteiger partial charge is 0.343 e. The minimum atomic E-state index is -0.483. The molecule has 0 aliphatic rings. The molecule has 2 aromatic heterocycles. The Morgan fingerprint density at radius 3 is 2.42 bits per heavy atom. The van der Waals surface area contributed by atoms with Gasteiger partial charge >= 0.3 is 11.9 Å². The summed E-state index contributed by atoms with van der Waals surface area (Å²) in [4.78, 5) is 21.5. The zero-order valence-corrected chi connectivity index (χ0v) is 21.1. The van der Waals surface area contributed by atoms with Crippen molar-refractivity contribution < 1.29 is 23.4 Å². The molecule has 0 aliphatic carbocycles. The monoisotopic (exact) mass is 527 g/mol. The lowest BCUT2D eigenvalue weighted by Gasteiger charge is -2.14. The third-order valence-corrected chi connectivity index (χ3v) is 6.14. The van der Waals surface area contributed by atoms with E-state index in [1.807, 2.05) is 48.5 Å². The Labute approximate surface area is 229 Å². The molecule has 6 aromatic rings. The van der Waals surface area contributed by atoms with Gasteiger partial charge in [-0.3, -0.25) is 0 Å². The molecule has 0 radical (unpaired) electrons. The summed E-state index contributed by atoms with van der Waals surface area (Å²) in [5.74, 6) is 0.908. The van der Waals surface area contributed by atoms with Gasteiger partial charge in [0.05, 0.1) is 16.8 Å². The molecule has 6 rings (SSSR count). The fourth-order valence-electron chi connectivity index (χ4n) is 4.14. The van der Waals surface area contributed by atoms with Crippen molar-refractivity contribution in [1.82, 2.24) is 9.97 Å². The molecule has 0 amide bonds. The number of esters is 1. The number of fused-ring (bicyclic) bond motifs is 2. The van der Waals surface area contributed by atoms with Crippen LogP contribution in [0.3, 0.4) is 0 Å². The van der Waals surface area contributed by atoms with Gasteiger partial charge < -0.3 is 18.6 Å². The number of pyridine rings is 1. The standard InChI is InChI=1S/C32H21N3O5/c33-18-31-35-28-14-12-26(17-30(28)39-31)37-19-23-16-25(13-15-29(23)40-32(36)22-7-2-1-3-8-22)38-20-24-11-10-21-6-4-5-9-27(21)34-24/h1-17H,19-20H2. The molecule has 8 heteroatoms. The quantitative estimate of drug-likeness (QED) is 0.160. The summed E-state index contributed by atoms with van der Waals surface area (Å²) >= 11 is 0. The number of carbonyl (C=O) groups is 1. The maximum absolute atomic E-state index is 12.8. The van der Waals surface area contributed by atoms with E-state index >= 15 is 0 Å². The number of hydrogen-bond donors (Lipinski definition) is 0. The van der Waals surface area contributed by atoms with Gasteiger partial charge in [0.2, 0.25) is 0 Å². The molecule has 0 atom stereocenters. The van der Waals surface area contributed by atoms with Crippen LogP contribution in [0.25, 0.3) is 22.0 Å². The first-order valence-electron chi connectivity index (χ1n) is 12.5. The summed E-state index contributed by atoms with van der Waals surface area (Å²) in [6.07, 6.45) is 0. The normalized spacial score (nSPS) is 10.8. The number of oxazole rings is 1. The van der Waals surface area contributed by atoms with Crippen molar-refractivity contribution in [1.29, 1.82) is 5.26 Å². The molecular formula is C32H21N3O5. The predicted octanol–water partition coefficient (Wildman–Crippen LogP) is 6.62. The molecule has 0 N–H and O–H groups in total. The van der Waals surface area contributed by atoms with Gasteiger partial charge in [0, 0.05) is 17.0 Å². The number of carbonyl (C=O) groups excluding carboxylic acids is 1. The Kier molecular flexibility index (Phi) is 6.76. The topological polar surface area (TPSA) is 107 Å². The van der Waals surface area contributed by atoms with Crippen LogP contribution in [0.15, 0.2) is 108 Å². The van der Waals surface area contributed by atoms with E-state index in [4.69, 9.17) is 23.9 Å². The molecule has 40 heavy (non-hydrogen) atoms. The van der Waals surface area contributed by atoms with Crippen molar-refractivity contribution in [3.63, 3.8) is 0 Å². The second kappa shape index (κ2) is 11.0. The predicted molar refractivity (Wildman–Crippen MR) is 147 cm³/mol. The number of nitrogens with zero attached hydrogens (tertiary/aromatic N) is 3.